The van der Waals surface area contributed by atoms with Crippen LogP contribution >= 0.6 is 0 Å². The number of carboxylic acids is 1. The van der Waals surface area contributed by atoms with Crippen molar-refractivity contribution in [2.75, 3.05) is 6.54 Å². The van der Waals surface area contributed by atoms with Gasteiger partial charge in [0, 0.05) is 0 Å². The van der Waals surface area contributed by atoms with Crippen LogP contribution in [-0.4, -0.2) is 29.9 Å². The number of carbonyl (C=O) groups excluding carboxylic acids is 1. The quantitative estimate of drug-likeness (QED) is 0.548. The van der Waals surface area contributed by atoms with Gasteiger partial charge in [-0.15, -0.1) is 0 Å². The third-order valence-corrected chi connectivity index (χ3v) is 1.13. The molecule has 0 aliphatic rings. The lowest BCUT2D eigenvalue weighted by molar-refractivity contribution is -0.139. The van der Waals surface area contributed by atoms with Gasteiger partial charge in [-0.3, -0.25) is 14.9 Å². The van der Waals surface area contributed by atoms with E-state index in [4.69, 9.17) is 5.11 Å². The molecular formula is C6H10NO3. The number of rotatable bonds is 5. The summed E-state index contributed by atoms with van der Waals surface area (Å²) in [5, 5.41) is 10.9. The molecule has 0 rings (SSSR count). The maximum absolute atomic E-state index is 10.2. The highest BCUT2D eigenvalue weighted by molar-refractivity contribution is 5.73. The minimum atomic E-state index is -0.933. The largest absolute Gasteiger partial charge is 0.480 e. The molecule has 2 N–H and O–H groups in total. The molecule has 4 nitrogen and oxygen atoms in total. The number of carbonyl (C=O) groups is 1. The Balaban J connectivity index is 3.60. The zero-order valence-corrected chi connectivity index (χ0v) is 5.76. The van der Waals surface area contributed by atoms with Crippen molar-refractivity contribution in [1.82, 2.24) is 5.32 Å². The van der Waals surface area contributed by atoms with Gasteiger partial charge in [-0.1, -0.05) is 6.92 Å². The lowest BCUT2D eigenvalue weighted by atomic mass is 10.2. The van der Waals surface area contributed by atoms with Crippen molar-refractivity contribution < 1.29 is 14.7 Å². The van der Waals surface area contributed by atoms with Crippen LogP contribution in [0.1, 0.15) is 13.3 Å². The van der Waals surface area contributed by atoms with E-state index in [-0.39, 0.29) is 6.54 Å². The lowest BCUT2D eigenvalue weighted by Crippen LogP contribution is -2.36. The summed E-state index contributed by atoms with van der Waals surface area (Å²) in [6.07, 6.45) is 2.03. The summed E-state index contributed by atoms with van der Waals surface area (Å²) in [4.78, 5) is 19.9. The molecule has 0 aromatic carbocycles. The van der Waals surface area contributed by atoms with Gasteiger partial charge in [0.25, 0.3) is 0 Å². The minimum Gasteiger partial charge on any atom is -0.480 e. The molecule has 57 valence electrons. The maximum Gasteiger partial charge on any atom is 0.320 e. The smallest absolute Gasteiger partial charge is 0.320 e. The van der Waals surface area contributed by atoms with Gasteiger partial charge in [0.15, 0.2) is 0 Å². The van der Waals surface area contributed by atoms with Crippen LogP contribution in [0.5, 0.6) is 0 Å². The van der Waals surface area contributed by atoms with Crippen molar-refractivity contribution in [1.29, 1.82) is 0 Å². The van der Waals surface area contributed by atoms with E-state index in [0.29, 0.717) is 6.42 Å². The Morgan fingerprint density at radius 1 is 1.80 bits per heavy atom. The van der Waals surface area contributed by atoms with Crippen LogP contribution in [-0.2, 0) is 9.59 Å². The fourth-order valence-electron chi connectivity index (χ4n) is 0.571. The van der Waals surface area contributed by atoms with Gasteiger partial charge in [-0.05, 0) is 6.42 Å². The highest BCUT2D eigenvalue weighted by Crippen LogP contribution is 1.88. The highest BCUT2D eigenvalue weighted by Gasteiger charge is 2.12. The fourth-order valence-corrected chi connectivity index (χ4v) is 0.571. The number of hydrogen-bond acceptors (Lipinski definition) is 3. The first kappa shape index (κ1) is 9.10. The summed E-state index contributed by atoms with van der Waals surface area (Å²) < 4.78 is 0. The molecule has 0 fully saturated rings. The molecule has 1 unspecified atom stereocenters. The number of hydrogen-bond donors (Lipinski definition) is 2. The fraction of sp³-hybridized carbons (Fsp3) is 0.667. The van der Waals surface area contributed by atoms with E-state index in [1.54, 1.807) is 13.2 Å². The molecule has 4 heteroatoms. The second kappa shape index (κ2) is 4.93. The first-order chi connectivity index (χ1) is 4.72. The number of aliphatic carboxylic acids is 1. The molecule has 0 aliphatic heterocycles. The molecule has 0 saturated heterocycles. The van der Waals surface area contributed by atoms with E-state index in [9.17, 15) is 9.59 Å². The molecular weight excluding hydrogens is 134 g/mol. The van der Waals surface area contributed by atoms with Crippen molar-refractivity contribution in [2.24, 2.45) is 0 Å². The van der Waals surface area contributed by atoms with Gasteiger partial charge >= 0.3 is 5.97 Å². The molecule has 0 aromatic heterocycles. The summed E-state index contributed by atoms with van der Waals surface area (Å²) >= 11 is 0. The SMILES string of the molecule is CCC(NC[C]=O)C(=O)O. The van der Waals surface area contributed by atoms with E-state index in [0.717, 1.165) is 0 Å². The van der Waals surface area contributed by atoms with Crippen molar-refractivity contribution in [3.63, 3.8) is 0 Å². The Bertz CT molecular complexity index is 124. The van der Waals surface area contributed by atoms with Crippen LogP contribution in [0.15, 0.2) is 0 Å². The first-order valence-electron chi connectivity index (χ1n) is 3.03. The Labute approximate surface area is 59.2 Å². The van der Waals surface area contributed by atoms with Crippen LogP contribution in [0.25, 0.3) is 0 Å². The van der Waals surface area contributed by atoms with Gasteiger partial charge in [0.2, 0.25) is 6.29 Å². The second-order valence-corrected chi connectivity index (χ2v) is 1.82. The predicted octanol–water partition coefficient (Wildman–Crippen LogP) is -0.451. The summed E-state index contributed by atoms with van der Waals surface area (Å²) in [7, 11) is 0. The zero-order chi connectivity index (χ0) is 7.98. The van der Waals surface area contributed by atoms with Crippen molar-refractivity contribution in [2.45, 2.75) is 19.4 Å². The van der Waals surface area contributed by atoms with Crippen LogP contribution in [0.4, 0.5) is 0 Å². The molecule has 0 aromatic rings. The Hall–Kier alpha value is -0.900. The second-order valence-electron chi connectivity index (χ2n) is 1.82. The summed E-state index contributed by atoms with van der Waals surface area (Å²) in [6, 6.07) is -0.624. The topological polar surface area (TPSA) is 66.4 Å². The molecule has 0 bridgehead atoms. The molecule has 10 heavy (non-hydrogen) atoms. The van der Waals surface area contributed by atoms with Crippen molar-refractivity contribution in [3.8, 4) is 0 Å². The number of carboxylic acid groups (broad SMARTS) is 1. The lowest BCUT2D eigenvalue weighted by Gasteiger charge is -2.07. The Morgan fingerprint density at radius 3 is 2.70 bits per heavy atom. The first-order valence-corrected chi connectivity index (χ1v) is 3.03. The standard InChI is InChI=1S/C6H10NO3/c1-2-5(6(9)10)7-3-4-8/h5,7H,2-3H2,1H3,(H,9,10). The monoisotopic (exact) mass is 144 g/mol. The molecule has 1 atom stereocenters. The van der Waals surface area contributed by atoms with Crippen LogP contribution in [0.3, 0.4) is 0 Å². The van der Waals surface area contributed by atoms with Gasteiger partial charge in [-0.2, -0.15) is 0 Å². The normalized spacial score (nSPS) is 12.5. The third kappa shape index (κ3) is 3.19. The van der Waals surface area contributed by atoms with E-state index in [2.05, 4.69) is 5.32 Å². The van der Waals surface area contributed by atoms with Gasteiger partial charge < -0.3 is 5.11 Å². The Morgan fingerprint density at radius 2 is 2.40 bits per heavy atom. The maximum atomic E-state index is 10.2. The molecule has 0 saturated carbocycles. The van der Waals surface area contributed by atoms with Gasteiger partial charge in [0.05, 0.1) is 6.54 Å². The molecule has 0 spiro atoms. The van der Waals surface area contributed by atoms with Gasteiger partial charge in [0.1, 0.15) is 6.04 Å². The van der Waals surface area contributed by atoms with E-state index in [1.165, 1.54) is 0 Å². The summed E-state index contributed by atoms with van der Waals surface area (Å²) in [5.41, 5.74) is 0. The summed E-state index contributed by atoms with van der Waals surface area (Å²) in [6.45, 7) is 1.71. The van der Waals surface area contributed by atoms with Crippen LogP contribution in [0.2, 0.25) is 0 Å². The minimum absolute atomic E-state index is 0.0230. The summed E-state index contributed by atoms with van der Waals surface area (Å²) in [5.74, 6) is -0.933. The molecule has 0 heterocycles. The molecule has 0 aliphatic carbocycles. The predicted molar refractivity (Wildman–Crippen MR) is 35.4 cm³/mol. The van der Waals surface area contributed by atoms with E-state index in [1.807, 2.05) is 0 Å². The average molecular weight is 144 g/mol. The van der Waals surface area contributed by atoms with E-state index >= 15 is 0 Å². The molecule has 1 radical (unpaired) electrons. The third-order valence-electron chi connectivity index (χ3n) is 1.13. The average Bonchev–Trinajstić information content (AvgIpc) is 1.89. The highest BCUT2D eigenvalue weighted by atomic mass is 16.4. The Kier molecular flexibility index (Phi) is 4.49. The van der Waals surface area contributed by atoms with Crippen LogP contribution in [0, 0.1) is 0 Å². The van der Waals surface area contributed by atoms with Gasteiger partial charge in [-0.25, -0.2) is 0 Å². The van der Waals surface area contributed by atoms with Crippen molar-refractivity contribution in [3.05, 3.63) is 0 Å². The zero-order valence-electron chi connectivity index (χ0n) is 5.76. The number of nitrogens with one attached hydrogen (secondary N) is 1. The van der Waals surface area contributed by atoms with E-state index < -0.39 is 12.0 Å². The van der Waals surface area contributed by atoms with Crippen LogP contribution < -0.4 is 5.32 Å². The van der Waals surface area contributed by atoms with Crippen molar-refractivity contribution >= 4 is 12.3 Å². The molecule has 0 amide bonds.